The van der Waals surface area contributed by atoms with Crippen molar-refractivity contribution < 1.29 is 13.6 Å². The largest absolute Gasteiger partial charge is 0.330 e. The molecule has 14 heavy (non-hydrogen) atoms. The van der Waals surface area contributed by atoms with E-state index in [1.807, 2.05) is 0 Å². The summed E-state index contributed by atoms with van der Waals surface area (Å²) in [6, 6.07) is -1.75. The molecule has 0 radical (unpaired) electrons. The smallest absolute Gasteiger partial charge is 0.259 e. The molecule has 0 aromatic rings. The van der Waals surface area contributed by atoms with Crippen LogP contribution in [0.25, 0.3) is 0 Å². The number of nitrogens with zero attached hydrogens (tertiary/aromatic N) is 1. The molecule has 1 amide bonds. The van der Waals surface area contributed by atoms with Crippen molar-refractivity contribution in [2.45, 2.75) is 25.4 Å². The van der Waals surface area contributed by atoms with Gasteiger partial charge in [0.1, 0.15) is 6.04 Å². The number of nitrogens with one attached hydrogen (secondary N) is 1. The minimum atomic E-state index is -2.52. The van der Waals surface area contributed by atoms with Gasteiger partial charge in [-0.05, 0) is 6.92 Å². The van der Waals surface area contributed by atoms with E-state index in [-0.39, 0.29) is 6.54 Å². The third kappa shape index (κ3) is 2.39. The SMILES string of the molecule is C[C@@H](N)C(=O)N1CCNCC1C(F)F. The Balaban J connectivity index is 2.67. The Morgan fingerprint density at radius 2 is 2.29 bits per heavy atom. The molecule has 2 atom stereocenters. The maximum Gasteiger partial charge on any atom is 0.259 e. The summed E-state index contributed by atoms with van der Waals surface area (Å²) in [5.41, 5.74) is 5.37. The maximum absolute atomic E-state index is 12.5. The van der Waals surface area contributed by atoms with Crippen LogP contribution in [0.1, 0.15) is 6.92 Å². The van der Waals surface area contributed by atoms with Crippen LogP contribution in [0, 0.1) is 0 Å². The lowest BCUT2D eigenvalue weighted by Crippen LogP contribution is -2.59. The summed E-state index contributed by atoms with van der Waals surface area (Å²) in [6.07, 6.45) is -2.52. The average Bonchev–Trinajstić information content (AvgIpc) is 2.16. The number of nitrogens with two attached hydrogens (primary N) is 1. The number of alkyl halides is 2. The maximum atomic E-state index is 12.5. The van der Waals surface area contributed by atoms with Gasteiger partial charge in [-0.2, -0.15) is 0 Å². The predicted octanol–water partition coefficient (Wildman–Crippen LogP) is -0.601. The molecule has 1 aliphatic rings. The van der Waals surface area contributed by atoms with Gasteiger partial charge in [-0.1, -0.05) is 0 Å². The molecule has 4 nitrogen and oxygen atoms in total. The van der Waals surface area contributed by atoms with Gasteiger partial charge in [0.05, 0.1) is 6.04 Å². The molecular weight excluding hydrogens is 192 g/mol. The Morgan fingerprint density at radius 3 is 2.79 bits per heavy atom. The van der Waals surface area contributed by atoms with Gasteiger partial charge in [0, 0.05) is 19.6 Å². The third-order valence-corrected chi connectivity index (χ3v) is 2.25. The molecule has 1 heterocycles. The lowest BCUT2D eigenvalue weighted by molar-refractivity contribution is -0.139. The van der Waals surface area contributed by atoms with Gasteiger partial charge < -0.3 is 16.0 Å². The number of halogens is 2. The van der Waals surface area contributed by atoms with E-state index in [1.54, 1.807) is 0 Å². The monoisotopic (exact) mass is 207 g/mol. The molecule has 0 aliphatic carbocycles. The van der Waals surface area contributed by atoms with Crippen LogP contribution in [-0.2, 0) is 4.79 Å². The molecule has 3 N–H and O–H groups in total. The van der Waals surface area contributed by atoms with Crippen LogP contribution < -0.4 is 11.1 Å². The summed E-state index contributed by atoms with van der Waals surface area (Å²) in [5, 5.41) is 2.83. The standard InChI is InChI=1S/C8H15F2N3O/c1-5(11)8(14)13-3-2-12-4-6(13)7(9)10/h5-7,12H,2-4,11H2,1H3/t5-,6?/m1/s1. The molecule has 1 unspecified atom stereocenters. The van der Waals surface area contributed by atoms with Crippen molar-refractivity contribution in [3.8, 4) is 0 Å². The zero-order chi connectivity index (χ0) is 10.7. The highest BCUT2D eigenvalue weighted by atomic mass is 19.3. The number of rotatable bonds is 2. The van der Waals surface area contributed by atoms with Crippen molar-refractivity contribution in [3.05, 3.63) is 0 Å². The van der Waals surface area contributed by atoms with Crippen LogP contribution in [0.3, 0.4) is 0 Å². The van der Waals surface area contributed by atoms with Gasteiger partial charge in [-0.3, -0.25) is 4.79 Å². The first kappa shape index (κ1) is 11.3. The van der Waals surface area contributed by atoms with Crippen molar-refractivity contribution in [2.24, 2.45) is 5.73 Å². The van der Waals surface area contributed by atoms with E-state index in [0.717, 1.165) is 0 Å². The summed E-state index contributed by atoms with van der Waals surface area (Å²) in [7, 11) is 0. The normalized spacial score (nSPS) is 25.2. The Bertz CT molecular complexity index is 211. The summed E-state index contributed by atoms with van der Waals surface area (Å²) in [6.45, 7) is 2.49. The molecule has 82 valence electrons. The number of carbonyl (C=O) groups is 1. The highest BCUT2D eigenvalue weighted by Crippen LogP contribution is 2.12. The van der Waals surface area contributed by atoms with Gasteiger partial charge in [0.2, 0.25) is 5.91 Å². The highest BCUT2D eigenvalue weighted by molar-refractivity contribution is 5.81. The summed E-state index contributed by atoms with van der Waals surface area (Å²) in [4.78, 5) is 12.6. The Morgan fingerprint density at radius 1 is 1.64 bits per heavy atom. The van der Waals surface area contributed by atoms with Crippen LogP contribution in [-0.4, -0.2) is 49.0 Å². The van der Waals surface area contributed by atoms with Gasteiger partial charge >= 0.3 is 0 Å². The van der Waals surface area contributed by atoms with E-state index in [2.05, 4.69) is 5.32 Å². The van der Waals surface area contributed by atoms with Gasteiger partial charge in [0.15, 0.2) is 0 Å². The number of piperazine rings is 1. The van der Waals surface area contributed by atoms with Crippen LogP contribution in [0.5, 0.6) is 0 Å². The van der Waals surface area contributed by atoms with E-state index in [1.165, 1.54) is 11.8 Å². The summed E-state index contributed by atoms with van der Waals surface area (Å²) >= 11 is 0. The molecule has 1 rings (SSSR count). The van der Waals surface area contributed by atoms with Gasteiger partial charge in [-0.25, -0.2) is 8.78 Å². The molecule has 1 aliphatic heterocycles. The van der Waals surface area contributed by atoms with E-state index in [9.17, 15) is 13.6 Å². The molecule has 0 bridgehead atoms. The van der Waals surface area contributed by atoms with Crippen LogP contribution in [0.15, 0.2) is 0 Å². The van der Waals surface area contributed by atoms with E-state index in [4.69, 9.17) is 5.73 Å². The number of amides is 1. The summed E-state index contributed by atoms with van der Waals surface area (Å²) in [5.74, 6) is -0.406. The second-order valence-electron chi connectivity index (χ2n) is 3.43. The fourth-order valence-corrected chi connectivity index (χ4v) is 1.49. The quantitative estimate of drug-likeness (QED) is 0.635. The number of carbonyl (C=O) groups excluding carboxylic acids is 1. The first-order chi connectivity index (χ1) is 6.54. The van der Waals surface area contributed by atoms with Crippen molar-refractivity contribution in [1.82, 2.24) is 10.2 Å². The third-order valence-electron chi connectivity index (χ3n) is 2.25. The fourth-order valence-electron chi connectivity index (χ4n) is 1.49. The first-order valence-corrected chi connectivity index (χ1v) is 4.59. The van der Waals surface area contributed by atoms with Gasteiger partial charge in [-0.15, -0.1) is 0 Å². The summed E-state index contributed by atoms with van der Waals surface area (Å²) < 4.78 is 25.0. The second-order valence-corrected chi connectivity index (χ2v) is 3.43. The molecule has 1 saturated heterocycles. The van der Waals surface area contributed by atoms with E-state index < -0.39 is 24.4 Å². The van der Waals surface area contributed by atoms with Crippen LogP contribution in [0.2, 0.25) is 0 Å². The molecule has 0 aromatic heterocycles. The van der Waals surface area contributed by atoms with Crippen molar-refractivity contribution >= 4 is 5.91 Å². The van der Waals surface area contributed by atoms with Crippen LogP contribution >= 0.6 is 0 Å². The molecule has 6 heteroatoms. The molecule has 0 spiro atoms. The number of hydrogen-bond donors (Lipinski definition) is 2. The molecule has 0 saturated carbocycles. The Kier molecular flexibility index (Phi) is 3.77. The van der Waals surface area contributed by atoms with Crippen molar-refractivity contribution in [1.29, 1.82) is 0 Å². The number of hydrogen-bond acceptors (Lipinski definition) is 3. The zero-order valence-electron chi connectivity index (χ0n) is 8.04. The Labute approximate surface area is 81.4 Å². The predicted molar refractivity (Wildman–Crippen MR) is 48.0 cm³/mol. The first-order valence-electron chi connectivity index (χ1n) is 4.59. The van der Waals surface area contributed by atoms with Crippen molar-refractivity contribution in [2.75, 3.05) is 19.6 Å². The van der Waals surface area contributed by atoms with E-state index >= 15 is 0 Å². The second kappa shape index (κ2) is 4.65. The van der Waals surface area contributed by atoms with Crippen molar-refractivity contribution in [3.63, 3.8) is 0 Å². The van der Waals surface area contributed by atoms with Gasteiger partial charge in [0.25, 0.3) is 6.43 Å². The highest BCUT2D eigenvalue weighted by Gasteiger charge is 2.33. The average molecular weight is 207 g/mol. The lowest BCUT2D eigenvalue weighted by Gasteiger charge is -2.36. The minimum absolute atomic E-state index is 0.135. The fraction of sp³-hybridized carbons (Fsp3) is 0.875. The minimum Gasteiger partial charge on any atom is -0.330 e. The molecule has 1 fully saturated rings. The lowest BCUT2D eigenvalue weighted by atomic mass is 10.1. The Hall–Kier alpha value is -0.750. The molecule has 0 aromatic carbocycles. The zero-order valence-corrected chi connectivity index (χ0v) is 8.04. The van der Waals surface area contributed by atoms with E-state index in [0.29, 0.717) is 13.1 Å². The topological polar surface area (TPSA) is 58.4 Å². The van der Waals surface area contributed by atoms with Crippen LogP contribution in [0.4, 0.5) is 8.78 Å². The molecular formula is C8H15F2N3O.